The molecule has 0 saturated heterocycles. The number of halogens is 2. The first-order valence-electron chi connectivity index (χ1n) is 5.39. The maximum absolute atomic E-state index is 13.5. The Balaban J connectivity index is 2.40. The first-order chi connectivity index (χ1) is 8.08. The van der Waals surface area contributed by atoms with Crippen LogP contribution in [0.25, 0.3) is 11.1 Å². The summed E-state index contributed by atoms with van der Waals surface area (Å²) in [5.41, 5.74) is 7.82. The highest BCUT2D eigenvalue weighted by atomic mass is 19.1. The van der Waals surface area contributed by atoms with Gasteiger partial charge in [0.15, 0.2) is 0 Å². The van der Waals surface area contributed by atoms with Gasteiger partial charge in [-0.15, -0.1) is 0 Å². The molecule has 1 unspecified atom stereocenters. The highest BCUT2D eigenvalue weighted by molar-refractivity contribution is 5.64. The summed E-state index contributed by atoms with van der Waals surface area (Å²) in [6.45, 7) is 1.88. The molecule has 0 aliphatic carbocycles. The topological polar surface area (TPSA) is 26.0 Å². The molecule has 1 nitrogen and oxygen atoms in total. The minimum absolute atomic E-state index is 0.0536. The summed E-state index contributed by atoms with van der Waals surface area (Å²) in [5, 5.41) is 0. The van der Waals surface area contributed by atoms with E-state index in [9.17, 15) is 8.78 Å². The average molecular weight is 233 g/mol. The summed E-state index contributed by atoms with van der Waals surface area (Å²) >= 11 is 0. The molecule has 0 spiro atoms. The lowest BCUT2D eigenvalue weighted by Gasteiger charge is -2.08. The van der Waals surface area contributed by atoms with E-state index in [1.165, 1.54) is 12.1 Å². The second-order valence-corrected chi connectivity index (χ2v) is 4.03. The Morgan fingerprint density at radius 3 is 2.18 bits per heavy atom. The predicted molar refractivity (Wildman–Crippen MR) is 64.4 cm³/mol. The second kappa shape index (κ2) is 4.63. The smallest absolute Gasteiger partial charge is 0.133 e. The second-order valence-electron chi connectivity index (χ2n) is 4.03. The van der Waals surface area contributed by atoms with Crippen LogP contribution >= 0.6 is 0 Å². The van der Waals surface area contributed by atoms with Crippen molar-refractivity contribution in [3.8, 4) is 11.1 Å². The molecule has 0 heterocycles. The minimum atomic E-state index is -0.571. The van der Waals surface area contributed by atoms with Gasteiger partial charge in [-0.2, -0.15) is 0 Å². The number of nitrogens with two attached hydrogens (primary N) is 1. The Morgan fingerprint density at radius 1 is 1.00 bits per heavy atom. The van der Waals surface area contributed by atoms with Gasteiger partial charge in [0.25, 0.3) is 0 Å². The summed E-state index contributed by atoms with van der Waals surface area (Å²) in [7, 11) is 0. The van der Waals surface area contributed by atoms with Gasteiger partial charge in [0, 0.05) is 17.7 Å². The van der Waals surface area contributed by atoms with Crippen LogP contribution in [-0.2, 0) is 0 Å². The minimum Gasteiger partial charge on any atom is -0.324 e. The molecule has 2 N–H and O–H groups in total. The van der Waals surface area contributed by atoms with Gasteiger partial charge >= 0.3 is 0 Å². The van der Waals surface area contributed by atoms with Crippen LogP contribution in [0.4, 0.5) is 8.78 Å². The van der Waals surface area contributed by atoms with E-state index < -0.39 is 11.6 Å². The van der Waals surface area contributed by atoms with E-state index in [1.54, 1.807) is 12.1 Å². The van der Waals surface area contributed by atoms with Crippen molar-refractivity contribution in [2.45, 2.75) is 13.0 Å². The lowest BCUT2D eigenvalue weighted by molar-refractivity contribution is 0.585. The summed E-state index contributed by atoms with van der Waals surface area (Å²) in [6.07, 6.45) is 0. The third kappa shape index (κ3) is 2.50. The van der Waals surface area contributed by atoms with Gasteiger partial charge in [0.05, 0.1) is 0 Å². The van der Waals surface area contributed by atoms with Crippen LogP contribution in [0.15, 0.2) is 42.5 Å². The average Bonchev–Trinajstić information content (AvgIpc) is 2.29. The maximum atomic E-state index is 13.5. The van der Waals surface area contributed by atoms with Crippen LogP contribution in [0.2, 0.25) is 0 Å². The van der Waals surface area contributed by atoms with Crippen molar-refractivity contribution in [3.05, 3.63) is 59.7 Å². The van der Waals surface area contributed by atoms with Gasteiger partial charge in [0.2, 0.25) is 0 Å². The Morgan fingerprint density at radius 2 is 1.65 bits per heavy atom. The molecule has 2 aromatic rings. The van der Waals surface area contributed by atoms with Gasteiger partial charge in [-0.3, -0.25) is 0 Å². The van der Waals surface area contributed by atoms with Crippen molar-refractivity contribution >= 4 is 0 Å². The molecule has 17 heavy (non-hydrogen) atoms. The van der Waals surface area contributed by atoms with E-state index in [-0.39, 0.29) is 6.04 Å². The Bertz CT molecular complexity index is 518. The zero-order valence-electron chi connectivity index (χ0n) is 9.45. The van der Waals surface area contributed by atoms with E-state index >= 15 is 0 Å². The molecule has 0 aliphatic heterocycles. The normalized spacial score (nSPS) is 12.5. The molecular weight excluding hydrogens is 220 g/mol. The number of hydrogen-bond acceptors (Lipinski definition) is 1. The van der Waals surface area contributed by atoms with Gasteiger partial charge in [-0.05, 0) is 30.2 Å². The molecule has 2 rings (SSSR count). The molecule has 0 amide bonds. The summed E-state index contributed by atoms with van der Waals surface area (Å²) < 4.78 is 26.3. The van der Waals surface area contributed by atoms with Crippen molar-refractivity contribution in [2.24, 2.45) is 5.73 Å². The molecule has 0 aromatic heterocycles. The third-order valence-corrected chi connectivity index (χ3v) is 2.68. The molecule has 0 radical (unpaired) electrons. The van der Waals surface area contributed by atoms with E-state index in [0.29, 0.717) is 11.1 Å². The number of rotatable bonds is 2. The monoisotopic (exact) mass is 233 g/mol. The molecule has 2 aromatic carbocycles. The van der Waals surface area contributed by atoms with Crippen molar-refractivity contribution in [1.29, 1.82) is 0 Å². The first-order valence-corrected chi connectivity index (χ1v) is 5.39. The number of benzene rings is 2. The molecule has 0 fully saturated rings. The van der Waals surface area contributed by atoms with Crippen molar-refractivity contribution in [1.82, 2.24) is 0 Å². The molecule has 3 heteroatoms. The van der Waals surface area contributed by atoms with E-state index in [2.05, 4.69) is 0 Å². The van der Waals surface area contributed by atoms with Gasteiger partial charge < -0.3 is 5.73 Å². The lowest BCUT2D eigenvalue weighted by Crippen LogP contribution is -2.04. The van der Waals surface area contributed by atoms with Gasteiger partial charge in [-0.25, -0.2) is 8.78 Å². The van der Waals surface area contributed by atoms with E-state index in [0.717, 1.165) is 11.6 Å². The van der Waals surface area contributed by atoms with Crippen LogP contribution in [0.3, 0.4) is 0 Å². The Kier molecular flexibility index (Phi) is 3.20. The van der Waals surface area contributed by atoms with Crippen LogP contribution in [0.1, 0.15) is 18.5 Å². The fraction of sp³-hybridized carbons (Fsp3) is 0.143. The third-order valence-electron chi connectivity index (χ3n) is 2.68. The van der Waals surface area contributed by atoms with E-state index in [1.807, 2.05) is 19.1 Å². The summed E-state index contributed by atoms with van der Waals surface area (Å²) in [6, 6.07) is 10.8. The highest BCUT2D eigenvalue weighted by Gasteiger charge is 2.06. The van der Waals surface area contributed by atoms with Crippen LogP contribution < -0.4 is 5.73 Å². The van der Waals surface area contributed by atoms with Crippen molar-refractivity contribution in [2.75, 3.05) is 0 Å². The van der Waals surface area contributed by atoms with Crippen molar-refractivity contribution < 1.29 is 8.78 Å². The summed E-state index contributed by atoms with van der Waals surface area (Å²) in [5.74, 6) is -1.13. The molecule has 0 bridgehead atoms. The largest absolute Gasteiger partial charge is 0.324 e. The lowest BCUT2D eigenvalue weighted by atomic mass is 10.0. The van der Waals surface area contributed by atoms with E-state index in [4.69, 9.17) is 5.73 Å². The summed E-state index contributed by atoms with van der Waals surface area (Å²) in [4.78, 5) is 0. The predicted octanol–water partition coefficient (Wildman–Crippen LogP) is 3.65. The highest BCUT2D eigenvalue weighted by Crippen LogP contribution is 2.24. The Hall–Kier alpha value is -1.74. The standard InChI is InChI=1S/C14H13F2N/c1-9(17)10-2-4-11(5-3-10)13-7-6-12(15)8-14(13)16/h2-9H,17H2,1H3. The fourth-order valence-electron chi connectivity index (χ4n) is 1.69. The molecular formula is C14H13F2N. The van der Waals surface area contributed by atoms with Crippen LogP contribution in [0.5, 0.6) is 0 Å². The fourth-order valence-corrected chi connectivity index (χ4v) is 1.69. The van der Waals surface area contributed by atoms with Gasteiger partial charge in [-0.1, -0.05) is 24.3 Å². The zero-order chi connectivity index (χ0) is 12.4. The SMILES string of the molecule is CC(N)c1ccc(-c2ccc(F)cc2F)cc1. The Labute approximate surface area is 98.9 Å². The van der Waals surface area contributed by atoms with Crippen LogP contribution in [-0.4, -0.2) is 0 Å². The van der Waals surface area contributed by atoms with Crippen LogP contribution in [0, 0.1) is 11.6 Å². The molecule has 0 saturated carbocycles. The molecule has 88 valence electrons. The van der Waals surface area contributed by atoms with Crippen molar-refractivity contribution in [3.63, 3.8) is 0 Å². The van der Waals surface area contributed by atoms with Gasteiger partial charge in [0.1, 0.15) is 11.6 Å². The quantitative estimate of drug-likeness (QED) is 0.841. The maximum Gasteiger partial charge on any atom is 0.133 e. The number of hydrogen-bond donors (Lipinski definition) is 1. The molecule has 1 atom stereocenters. The first kappa shape index (κ1) is 11.7. The zero-order valence-corrected chi connectivity index (χ0v) is 9.45. The molecule has 0 aliphatic rings.